The van der Waals surface area contributed by atoms with Crippen LogP contribution >= 0.6 is 0 Å². The zero-order valence-corrected chi connectivity index (χ0v) is 16.9. The molecule has 29 heavy (non-hydrogen) atoms. The van der Waals surface area contributed by atoms with E-state index in [2.05, 4.69) is 5.32 Å². The summed E-state index contributed by atoms with van der Waals surface area (Å²) >= 11 is 0. The second kappa shape index (κ2) is 10.8. The van der Waals surface area contributed by atoms with Crippen molar-refractivity contribution in [3.05, 3.63) is 47.5 Å². The molecule has 0 bridgehead atoms. The summed E-state index contributed by atoms with van der Waals surface area (Å²) < 4.78 is 26.3. The lowest BCUT2D eigenvalue weighted by molar-refractivity contribution is -0.124. The molecular weight excluding hydrogens is 378 g/mol. The second-order valence-electron chi connectivity index (χ2n) is 5.80. The maximum atomic E-state index is 12.2. The molecule has 1 amide bonds. The summed E-state index contributed by atoms with van der Waals surface area (Å²) in [4.78, 5) is 24.4. The van der Waals surface area contributed by atoms with Crippen molar-refractivity contribution in [2.75, 3.05) is 34.5 Å². The van der Waals surface area contributed by atoms with Gasteiger partial charge in [0, 0.05) is 18.2 Å². The summed E-state index contributed by atoms with van der Waals surface area (Å²) in [5.74, 6) is 0.885. The number of amides is 1. The normalized spacial score (nSPS) is 10.1. The minimum Gasteiger partial charge on any atom is -0.496 e. The molecular formula is C21H25NO7. The van der Waals surface area contributed by atoms with E-state index in [1.54, 1.807) is 36.4 Å². The van der Waals surface area contributed by atoms with Crippen molar-refractivity contribution < 1.29 is 33.3 Å². The van der Waals surface area contributed by atoms with E-state index in [0.717, 1.165) is 0 Å². The smallest absolute Gasteiger partial charge is 0.342 e. The molecule has 156 valence electrons. The van der Waals surface area contributed by atoms with Crippen molar-refractivity contribution in [3.63, 3.8) is 0 Å². The highest BCUT2D eigenvalue weighted by atomic mass is 16.5. The van der Waals surface area contributed by atoms with Gasteiger partial charge in [-0.2, -0.15) is 0 Å². The molecule has 8 nitrogen and oxygen atoms in total. The van der Waals surface area contributed by atoms with Gasteiger partial charge in [-0.15, -0.1) is 0 Å². The van der Waals surface area contributed by atoms with E-state index in [1.165, 1.54) is 21.3 Å². The van der Waals surface area contributed by atoms with Gasteiger partial charge in [0.1, 0.15) is 17.1 Å². The number of nitrogens with one attached hydrogen (secondary N) is 1. The van der Waals surface area contributed by atoms with E-state index in [4.69, 9.17) is 23.7 Å². The number of hydrogen-bond donors (Lipinski definition) is 1. The van der Waals surface area contributed by atoms with Gasteiger partial charge in [0.25, 0.3) is 5.91 Å². The molecule has 8 heteroatoms. The summed E-state index contributed by atoms with van der Waals surface area (Å²) in [6, 6.07) is 10.1. The van der Waals surface area contributed by atoms with Crippen molar-refractivity contribution in [1.82, 2.24) is 5.32 Å². The highest BCUT2D eigenvalue weighted by molar-refractivity contribution is 5.94. The van der Waals surface area contributed by atoms with Crippen LogP contribution in [0.3, 0.4) is 0 Å². The molecule has 0 fully saturated rings. The van der Waals surface area contributed by atoms with Gasteiger partial charge in [-0.1, -0.05) is 12.1 Å². The average Bonchev–Trinajstić information content (AvgIpc) is 2.75. The van der Waals surface area contributed by atoms with Gasteiger partial charge in [0.15, 0.2) is 18.1 Å². The fourth-order valence-electron chi connectivity index (χ4n) is 2.60. The molecule has 0 aromatic heterocycles. The van der Waals surface area contributed by atoms with E-state index in [1.807, 2.05) is 6.92 Å². The van der Waals surface area contributed by atoms with Gasteiger partial charge in [-0.25, -0.2) is 4.79 Å². The van der Waals surface area contributed by atoms with E-state index >= 15 is 0 Å². The monoisotopic (exact) mass is 403 g/mol. The van der Waals surface area contributed by atoms with Crippen molar-refractivity contribution in [1.29, 1.82) is 0 Å². The van der Waals surface area contributed by atoms with Crippen molar-refractivity contribution >= 4 is 11.9 Å². The third kappa shape index (κ3) is 5.78. The Bertz CT molecular complexity index is 851. The van der Waals surface area contributed by atoms with Crippen molar-refractivity contribution in [2.45, 2.75) is 13.5 Å². The summed E-state index contributed by atoms with van der Waals surface area (Å²) in [5, 5.41) is 2.69. The Morgan fingerprint density at radius 1 is 0.897 bits per heavy atom. The Morgan fingerprint density at radius 3 is 2.21 bits per heavy atom. The molecule has 0 aliphatic heterocycles. The Labute approximate surface area is 169 Å². The maximum Gasteiger partial charge on any atom is 0.342 e. The van der Waals surface area contributed by atoms with Gasteiger partial charge < -0.3 is 29.0 Å². The van der Waals surface area contributed by atoms with Crippen LogP contribution < -0.4 is 24.3 Å². The fraction of sp³-hybridized carbons (Fsp3) is 0.333. The number of methoxy groups -OCH3 is 3. The van der Waals surface area contributed by atoms with Crippen LogP contribution in [0.1, 0.15) is 22.8 Å². The molecule has 1 N–H and O–H groups in total. The van der Waals surface area contributed by atoms with Crippen LogP contribution in [0.5, 0.6) is 23.0 Å². The number of benzene rings is 2. The number of carbonyl (C=O) groups is 2. The summed E-state index contributed by atoms with van der Waals surface area (Å²) in [5.41, 5.74) is 0.954. The zero-order valence-electron chi connectivity index (χ0n) is 16.9. The first-order valence-corrected chi connectivity index (χ1v) is 8.98. The van der Waals surface area contributed by atoms with Gasteiger partial charge in [0.2, 0.25) is 0 Å². The Hall–Kier alpha value is -3.42. The molecule has 2 rings (SSSR count). The molecule has 0 spiro atoms. The van der Waals surface area contributed by atoms with Gasteiger partial charge in [0.05, 0.1) is 27.9 Å². The van der Waals surface area contributed by atoms with E-state index in [0.29, 0.717) is 35.2 Å². The van der Waals surface area contributed by atoms with E-state index in [-0.39, 0.29) is 12.1 Å². The molecule has 0 atom stereocenters. The topological polar surface area (TPSA) is 92.3 Å². The van der Waals surface area contributed by atoms with Crippen molar-refractivity contribution in [2.24, 2.45) is 0 Å². The third-order valence-corrected chi connectivity index (χ3v) is 4.00. The van der Waals surface area contributed by atoms with Crippen LogP contribution in [0.25, 0.3) is 0 Å². The Kier molecular flexibility index (Phi) is 8.14. The first kappa shape index (κ1) is 21.9. The fourth-order valence-corrected chi connectivity index (χ4v) is 2.60. The molecule has 0 radical (unpaired) electrons. The number of rotatable bonds is 10. The quantitative estimate of drug-likeness (QED) is 0.610. The molecule has 2 aromatic rings. The predicted octanol–water partition coefficient (Wildman–Crippen LogP) is 2.58. The highest BCUT2D eigenvalue weighted by Crippen LogP contribution is 2.34. The molecule has 0 aliphatic rings. The summed E-state index contributed by atoms with van der Waals surface area (Å²) in [7, 11) is 4.56. The van der Waals surface area contributed by atoms with Gasteiger partial charge in [-0.05, 0) is 25.1 Å². The SMILES string of the molecule is CCOc1ccccc1C(=O)OCC(=O)NCc1cc(OC)c(OC)cc1OC. The summed E-state index contributed by atoms with van der Waals surface area (Å²) in [6.07, 6.45) is 0. The van der Waals surface area contributed by atoms with E-state index in [9.17, 15) is 9.59 Å². The van der Waals surface area contributed by atoms with Crippen LogP contribution in [-0.2, 0) is 16.1 Å². The highest BCUT2D eigenvalue weighted by Gasteiger charge is 2.16. The Balaban J connectivity index is 1.96. The molecule has 0 aliphatic carbocycles. The first-order chi connectivity index (χ1) is 14.0. The average molecular weight is 403 g/mol. The standard InChI is InChI=1S/C21H25NO7/c1-5-28-16-9-7-6-8-15(16)21(24)29-13-20(23)22-12-14-10-18(26-3)19(27-4)11-17(14)25-2/h6-11H,5,12-13H2,1-4H3,(H,22,23). The minimum absolute atomic E-state index is 0.162. The number of carbonyl (C=O) groups excluding carboxylic acids is 2. The van der Waals surface area contributed by atoms with Gasteiger partial charge >= 0.3 is 5.97 Å². The lowest BCUT2D eigenvalue weighted by Crippen LogP contribution is -2.28. The number of esters is 1. The number of hydrogen-bond acceptors (Lipinski definition) is 7. The molecule has 0 unspecified atom stereocenters. The zero-order chi connectivity index (χ0) is 21.2. The molecule has 2 aromatic carbocycles. The second-order valence-corrected chi connectivity index (χ2v) is 5.80. The maximum absolute atomic E-state index is 12.2. The number of para-hydroxylation sites is 1. The van der Waals surface area contributed by atoms with Gasteiger partial charge in [-0.3, -0.25) is 4.79 Å². The summed E-state index contributed by atoms with van der Waals surface area (Å²) in [6.45, 7) is 1.97. The number of ether oxygens (including phenoxy) is 5. The van der Waals surface area contributed by atoms with Crippen LogP contribution in [0.2, 0.25) is 0 Å². The lowest BCUT2D eigenvalue weighted by atomic mass is 10.1. The van der Waals surface area contributed by atoms with Crippen LogP contribution in [-0.4, -0.2) is 46.4 Å². The minimum atomic E-state index is -0.632. The predicted molar refractivity (Wildman–Crippen MR) is 106 cm³/mol. The van der Waals surface area contributed by atoms with Crippen LogP contribution in [0.15, 0.2) is 36.4 Å². The first-order valence-electron chi connectivity index (χ1n) is 8.98. The lowest BCUT2D eigenvalue weighted by Gasteiger charge is -2.14. The largest absolute Gasteiger partial charge is 0.496 e. The molecule has 0 saturated carbocycles. The molecule has 0 heterocycles. The van der Waals surface area contributed by atoms with E-state index < -0.39 is 18.5 Å². The van der Waals surface area contributed by atoms with Crippen LogP contribution in [0.4, 0.5) is 0 Å². The molecule has 0 saturated heterocycles. The third-order valence-electron chi connectivity index (χ3n) is 4.00. The Morgan fingerprint density at radius 2 is 1.55 bits per heavy atom. The van der Waals surface area contributed by atoms with Crippen molar-refractivity contribution in [3.8, 4) is 23.0 Å². The van der Waals surface area contributed by atoms with Crippen LogP contribution in [0, 0.1) is 0 Å².